The number of pyridine rings is 1. The van der Waals surface area contributed by atoms with Gasteiger partial charge in [-0.1, -0.05) is 18.2 Å². The lowest BCUT2D eigenvalue weighted by molar-refractivity contribution is -0.138. The molecule has 1 N–H and O–H groups in total. The maximum absolute atomic E-state index is 12.3. The largest absolute Gasteiger partial charge is 0.396 e. The third kappa shape index (κ3) is 3.65. The van der Waals surface area contributed by atoms with E-state index in [1.54, 1.807) is 0 Å². The quantitative estimate of drug-likeness (QED) is 0.902. The van der Waals surface area contributed by atoms with Crippen LogP contribution < -0.4 is 4.90 Å². The van der Waals surface area contributed by atoms with Gasteiger partial charge in [-0.25, -0.2) is 0 Å². The highest BCUT2D eigenvalue weighted by atomic mass is 16.3. The summed E-state index contributed by atoms with van der Waals surface area (Å²) in [7, 11) is 0. The Morgan fingerprint density at radius 1 is 1.22 bits per heavy atom. The van der Waals surface area contributed by atoms with E-state index in [2.05, 4.69) is 41.1 Å². The van der Waals surface area contributed by atoms with Gasteiger partial charge in [0.2, 0.25) is 5.91 Å². The molecule has 2 aliphatic rings. The maximum Gasteiger partial charge on any atom is 0.222 e. The summed E-state index contributed by atoms with van der Waals surface area (Å²) in [5.41, 5.74) is 3.54. The third-order valence-corrected chi connectivity index (χ3v) is 6.16. The second kappa shape index (κ2) is 7.47. The fourth-order valence-electron chi connectivity index (χ4n) is 4.86. The molecule has 1 aromatic heterocycles. The van der Waals surface area contributed by atoms with E-state index in [-0.39, 0.29) is 17.9 Å². The van der Waals surface area contributed by atoms with Crippen molar-refractivity contribution >= 4 is 22.5 Å². The molecule has 4 rings (SSSR count). The molecule has 1 amide bonds. The average molecular weight is 367 g/mol. The summed E-state index contributed by atoms with van der Waals surface area (Å²) in [5.74, 6) is 0.247. The van der Waals surface area contributed by atoms with Crippen LogP contribution >= 0.6 is 0 Å². The first-order valence-corrected chi connectivity index (χ1v) is 10.1. The van der Waals surface area contributed by atoms with Gasteiger partial charge in [0.25, 0.3) is 0 Å². The zero-order valence-corrected chi connectivity index (χ0v) is 16.2. The van der Waals surface area contributed by atoms with Gasteiger partial charge < -0.3 is 14.9 Å². The van der Waals surface area contributed by atoms with Crippen LogP contribution in [0, 0.1) is 12.3 Å². The van der Waals surface area contributed by atoms with Crippen LogP contribution in [-0.2, 0) is 4.79 Å². The third-order valence-electron chi connectivity index (χ3n) is 6.16. The summed E-state index contributed by atoms with van der Waals surface area (Å²) >= 11 is 0. The second-order valence-corrected chi connectivity index (χ2v) is 8.22. The number of amides is 1. The Hall–Kier alpha value is -2.14. The Bertz CT molecular complexity index is 837. The number of piperidine rings is 2. The van der Waals surface area contributed by atoms with Crippen LogP contribution in [0.2, 0.25) is 0 Å². The van der Waals surface area contributed by atoms with Gasteiger partial charge in [-0.05, 0) is 44.7 Å². The molecule has 1 spiro atoms. The predicted octanol–water partition coefficient (Wildman–Crippen LogP) is 3.13. The minimum Gasteiger partial charge on any atom is -0.396 e. The molecule has 0 radical (unpaired) electrons. The standard InChI is InChI=1S/C22H29N3O2/c1-17-14-20(18-6-2-3-7-19(18)23-17)24-11-4-9-22(15-24)10-8-21(27)25(16-22)12-5-13-26/h2-3,6-7,14,26H,4-5,8-13,15-16H2,1H3. The molecule has 2 aromatic rings. The Morgan fingerprint density at radius 2 is 2.07 bits per heavy atom. The van der Waals surface area contributed by atoms with Crippen molar-refractivity contribution in [2.45, 2.75) is 39.0 Å². The number of aliphatic hydroxyl groups is 1. The van der Waals surface area contributed by atoms with E-state index in [0.717, 1.165) is 43.7 Å². The fourth-order valence-corrected chi connectivity index (χ4v) is 4.86. The summed E-state index contributed by atoms with van der Waals surface area (Å²) in [5, 5.41) is 10.4. The predicted molar refractivity (Wildman–Crippen MR) is 108 cm³/mol. The Labute approximate surface area is 161 Å². The van der Waals surface area contributed by atoms with Gasteiger partial charge in [-0.2, -0.15) is 0 Å². The van der Waals surface area contributed by atoms with Gasteiger partial charge in [0.05, 0.1) is 5.52 Å². The molecule has 2 aliphatic heterocycles. The molecule has 0 bridgehead atoms. The topological polar surface area (TPSA) is 56.7 Å². The molecule has 144 valence electrons. The summed E-state index contributed by atoms with van der Waals surface area (Å²) in [6, 6.07) is 10.6. The smallest absolute Gasteiger partial charge is 0.222 e. The van der Waals surface area contributed by atoms with Crippen molar-refractivity contribution in [1.82, 2.24) is 9.88 Å². The first kappa shape index (κ1) is 18.2. The van der Waals surface area contributed by atoms with Gasteiger partial charge in [0.1, 0.15) is 0 Å². The highest BCUT2D eigenvalue weighted by Crippen LogP contribution is 2.41. The molecule has 0 aliphatic carbocycles. The fraction of sp³-hybridized carbons (Fsp3) is 0.545. The van der Waals surface area contributed by atoms with Gasteiger partial charge in [0.15, 0.2) is 0 Å². The number of nitrogens with zero attached hydrogens (tertiary/aromatic N) is 3. The van der Waals surface area contributed by atoms with Crippen molar-refractivity contribution in [2.75, 3.05) is 37.7 Å². The number of likely N-dealkylation sites (tertiary alicyclic amines) is 1. The van der Waals surface area contributed by atoms with Crippen molar-refractivity contribution in [3.63, 3.8) is 0 Å². The lowest BCUT2D eigenvalue weighted by Gasteiger charge is -2.49. The number of anilines is 1. The molecular formula is C22H29N3O2. The molecule has 3 heterocycles. The molecule has 5 nitrogen and oxygen atoms in total. The highest BCUT2D eigenvalue weighted by Gasteiger charge is 2.41. The van der Waals surface area contributed by atoms with Crippen LogP contribution in [0.4, 0.5) is 5.69 Å². The monoisotopic (exact) mass is 367 g/mol. The van der Waals surface area contributed by atoms with E-state index in [4.69, 9.17) is 5.11 Å². The van der Waals surface area contributed by atoms with Crippen molar-refractivity contribution in [1.29, 1.82) is 0 Å². The number of hydrogen-bond donors (Lipinski definition) is 1. The number of rotatable bonds is 4. The molecule has 0 saturated carbocycles. The SMILES string of the molecule is Cc1cc(N2CCCC3(CCC(=O)N(CCCO)C3)C2)c2ccccc2n1. The molecule has 1 aromatic carbocycles. The number of benzene rings is 1. The Balaban J connectivity index is 1.61. The summed E-state index contributed by atoms with van der Waals surface area (Å²) in [6.07, 6.45) is 4.60. The van der Waals surface area contributed by atoms with Crippen molar-refractivity contribution in [3.8, 4) is 0 Å². The van der Waals surface area contributed by atoms with Gasteiger partial charge in [-0.15, -0.1) is 0 Å². The number of hydrogen-bond acceptors (Lipinski definition) is 4. The summed E-state index contributed by atoms with van der Waals surface area (Å²) in [4.78, 5) is 21.5. The molecular weight excluding hydrogens is 338 g/mol. The van der Waals surface area contributed by atoms with E-state index in [9.17, 15) is 4.79 Å². The van der Waals surface area contributed by atoms with Crippen molar-refractivity contribution < 1.29 is 9.90 Å². The molecule has 1 unspecified atom stereocenters. The van der Waals surface area contributed by atoms with Crippen LogP contribution in [0.15, 0.2) is 30.3 Å². The number of carbonyl (C=O) groups excluding carboxylic acids is 1. The van der Waals surface area contributed by atoms with E-state index >= 15 is 0 Å². The van der Waals surface area contributed by atoms with Crippen LogP contribution in [0.5, 0.6) is 0 Å². The normalized spacial score (nSPS) is 23.4. The van der Waals surface area contributed by atoms with Crippen molar-refractivity contribution in [2.24, 2.45) is 5.41 Å². The molecule has 2 fully saturated rings. The average Bonchev–Trinajstić information content (AvgIpc) is 2.68. The molecule has 2 saturated heterocycles. The second-order valence-electron chi connectivity index (χ2n) is 8.22. The van der Waals surface area contributed by atoms with Crippen LogP contribution in [-0.4, -0.2) is 53.7 Å². The lowest BCUT2D eigenvalue weighted by Crippen LogP contribution is -2.54. The van der Waals surface area contributed by atoms with E-state index in [0.29, 0.717) is 19.4 Å². The maximum atomic E-state index is 12.3. The van der Waals surface area contributed by atoms with E-state index in [1.807, 2.05) is 11.0 Å². The number of fused-ring (bicyclic) bond motifs is 1. The molecule has 5 heteroatoms. The summed E-state index contributed by atoms with van der Waals surface area (Å²) in [6.45, 7) is 5.75. The number of aromatic nitrogens is 1. The van der Waals surface area contributed by atoms with Crippen molar-refractivity contribution in [3.05, 3.63) is 36.0 Å². The van der Waals surface area contributed by atoms with Gasteiger partial charge >= 0.3 is 0 Å². The molecule has 27 heavy (non-hydrogen) atoms. The minimum absolute atomic E-state index is 0.144. The van der Waals surface area contributed by atoms with Crippen LogP contribution in [0.1, 0.15) is 37.8 Å². The number of aryl methyl sites for hydroxylation is 1. The number of aliphatic hydroxyl groups excluding tert-OH is 1. The molecule has 1 atom stereocenters. The minimum atomic E-state index is 0.144. The van der Waals surface area contributed by atoms with Gasteiger partial charge in [0, 0.05) is 61.4 Å². The first-order chi connectivity index (χ1) is 13.1. The number of carbonyl (C=O) groups is 1. The van der Waals surface area contributed by atoms with E-state index < -0.39 is 0 Å². The zero-order chi connectivity index (χ0) is 18.9. The Morgan fingerprint density at radius 3 is 2.93 bits per heavy atom. The van der Waals surface area contributed by atoms with Gasteiger partial charge in [-0.3, -0.25) is 9.78 Å². The van der Waals surface area contributed by atoms with E-state index in [1.165, 1.54) is 17.5 Å². The lowest BCUT2D eigenvalue weighted by atomic mass is 9.73. The first-order valence-electron chi connectivity index (χ1n) is 10.1. The highest BCUT2D eigenvalue weighted by molar-refractivity contribution is 5.92. The summed E-state index contributed by atoms with van der Waals surface area (Å²) < 4.78 is 0. The Kier molecular flexibility index (Phi) is 5.04. The zero-order valence-electron chi connectivity index (χ0n) is 16.2. The van der Waals surface area contributed by atoms with Crippen LogP contribution in [0.3, 0.4) is 0 Å². The number of para-hydroxylation sites is 1. The van der Waals surface area contributed by atoms with Crippen LogP contribution in [0.25, 0.3) is 10.9 Å².